The van der Waals surface area contributed by atoms with Crippen molar-refractivity contribution in [3.8, 4) is 0 Å². The van der Waals surface area contributed by atoms with E-state index >= 15 is 0 Å². The van der Waals surface area contributed by atoms with Gasteiger partial charge in [-0.3, -0.25) is 9.79 Å². The number of hydrogen-bond donors (Lipinski definition) is 1. The lowest BCUT2D eigenvalue weighted by Crippen LogP contribution is -2.48. The zero-order chi connectivity index (χ0) is 22.0. The van der Waals surface area contributed by atoms with Gasteiger partial charge in [0.05, 0.1) is 6.54 Å². The molecule has 1 rings (SSSR count). The number of amides is 2. The molecule has 8 heteroatoms. The van der Waals surface area contributed by atoms with Crippen molar-refractivity contribution in [2.75, 3.05) is 53.4 Å². The monoisotopic (exact) mass is 411 g/mol. The molecule has 0 spiro atoms. The highest BCUT2D eigenvalue weighted by molar-refractivity contribution is 5.81. The van der Waals surface area contributed by atoms with Crippen LogP contribution in [0.3, 0.4) is 0 Å². The van der Waals surface area contributed by atoms with E-state index in [9.17, 15) is 9.59 Å². The number of nitrogens with zero attached hydrogens (tertiary/aromatic N) is 4. The van der Waals surface area contributed by atoms with Gasteiger partial charge in [0.1, 0.15) is 5.60 Å². The largest absolute Gasteiger partial charge is 0.444 e. The van der Waals surface area contributed by atoms with Crippen LogP contribution in [0.25, 0.3) is 0 Å². The molecule has 0 radical (unpaired) electrons. The molecule has 0 aromatic carbocycles. The molecule has 1 saturated heterocycles. The molecule has 0 aromatic heterocycles. The Morgan fingerprint density at radius 3 is 2.28 bits per heavy atom. The van der Waals surface area contributed by atoms with Gasteiger partial charge in [-0.25, -0.2) is 4.79 Å². The molecule has 1 aliphatic rings. The number of likely N-dealkylation sites (tertiary alicyclic amines) is 1. The Morgan fingerprint density at radius 1 is 1.17 bits per heavy atom. The Hall–Kier alpha value is -1.99. The Labute approximate surface area is 176 Å². The number of nitrogens with one attached hydrogen (secondary N) is 1. The second-order valence-electron chi connectivity index (χ2n) is 8.72. The molecular weight excluding hydrogens is 370 g/mol. The van der Waals surface area contributed by atoms with Crippen LogP contribution in [0.1, 0.15) is 53.9 Å². The molecule has 1 N–H and O–H groups in total. The molecule has 0 bridgehead atoms. The Balaban J connectivity index is 2.56. The van der Waals surface area contributed by atoms with Crippen molar-refractivity contribution in [3.05, 3.63) is 0 Å². The summed E-state index contributed by atoms with van der Waals surface area (Å²) < 4.78 is 5.52. The van der Waals surface area contributed by atoms with E-state index in [2.05, 4.69) is 15.2 Å². The number of ether oxygens (including phenoxy) is 1. The van der Waals surface area contributed by atoms with E-state index < -0.39 is 5.60 Å². The number of rotatable bonds is 7. The summed E-state index contributed by atoms with van der Waals surface area (Å²) in [5.74, 6) is 1.42. The van der Waals surface area contributed by atoms with Crippen molar-refractivity contribution in [1.29, 1.82) is 0 Å². The lowest BCUT2D eigenvalue weighted by atomic mass is 9.96. The molecule has 1 heterocycles. The number of carbonyl (C=O) groups is 2. The van der Waals surface area contributed by atoms with Crippen LogP contribution >= 0.6 is 0 Å². The van der Waals surface area contributed by atoms with Crippen molar-refractivity contribution in [3.63, 3.8) is 0 Å². The van der Waals surface area contributed by atoms with Crippen molar-refractivity contribution in [2.45, 2.75) is 59.5 Å². The third-order valence-corrected chi connectivity index (χ3v) is 4.85. The highest BCUT2D eigenvalue weighted by Gasteiger charge is 2.27. The van der Waals surface area contributed by atoms with Gasteiger partial charge in [0.15, 0.2) is 5.96 Å². The molecular formula is C21H41N5O3. The van der Waals surface area contributed by atoms with E-state index in [0.29, 0.717) is 25.4 Å². The molecule has 8 nitrogen and oxygen atoms in total. The van der Waals surface area contributed by atoms with Crippen LogP contribution in [0, 0.1) is 5.92 Å². The Morgan fingerprint density at radius 2 is 1.79 bits per heavy atom. The van der Waals surface area contributed by atoms with Gasteiger partial charge >= 0.3 is 6.09 Å². The zero-order valence-electron chi connectivity index (χ0n) is 19.5. The predicted octanol–water partition coefficient (Wildman–Crippen LogP) is 2.40. The first-order chi connectivity index (χ1) is 13.6. The summed E-state index contributed by atoms with van der Waals surface area (Å²) in [4.78, 5) is 34.4. The minimum absolute atomic E-state index is 0.0881. The van der Waals surface area contributed by atoms with Crippen LogP contribution in [-0.4, -0.2) is 91.6 Å². The molecule has 29 heavy (non-hydrogen) atoms. The van der Waals surface area contributed by atoms with Gasteiger partial charge in [-0.1, -0.05) is 0 Å². The summed E-state index contributed by atoms with van der Waals surface area (Å²) in [5.41, 5.74) is -0.473. The molecule has 1 fully saturated rings. The van der Waals surface area contributed by atoms with Gasteiger partial charge in [0.25, 0.3) is 0 Å². The minimum atomic E-state index is -0.473. The molecule has 2 amide bonds. The Bertz CT molecular complexity index is 549. The summed E-state index contributed by atoms with van der Waals surface area (Å²) in [6.07, 6.45) is 2.18. The number of aliphatic imine (C=N–C) groups is 1. The van der Waals surface area contributed by atoms with Crippen LogP contribution < -0.4 is 5.32 Å². The highest BCUT2D eigenvalue weighted by atomic mass is 16.6. The first kappa shape index (κ1) is 25.0. The molecule has 0 atom stereocenters. The minimum Gasteiger partial charge on any atom is -0.444 e. The molecule has 0 saturated carbocycles. The summed E-state index contributed by atoms with van der Waals surface area (Å²) in [6, 6.07) is 0. The van der Waals surface area contributed by atoms with Crippen molar-refractivity contribution in [1.82, 2.24) is 20.0 Å². The van der Waals surface area contributed by atoms with E-state index in [0.717, 1.165) is 45.0 Å². The third kappa shape index (κ3) is 9.37. The predicted molar refractivity (Wildman–Crippen MR) is 117 cm³/mol. The van der Waals surface area contributed by atoms with E-state index in [1.54, 1.807) is 23.9 Å². The topological polar surface area (TPSA) is 77.5 Å². The maximum absolute atomic E-state index is 12.4. The lowest BCUT2D eigenvalue weighted by molar-refractivity contribution is -0.128. The van der Waals surface area contributed by atoms with Gasteiger partial charge in [-0.15, -0.1) is 0 Å². The van der Waals surface area contributed by atoms with E-state index in [1.807, 2.05) is 34.6 Å². The molecule has 168 valence electrons. The Kier molecular flexibility index (Phi) is 10.3. The summed E-state index contributed by atoms with van der Waals surface area (Å²) in [5, 5.41) is 3.33. The average Bonchev–Trinajstić information content (AvgIpc) is 2.64. The number of hydrogen-bond acceptors (Lipinski definition) is 4. The van der Waals surface area contributed by atoms with Crippen LogP contribution in [0.5, 0.6) is 0 Å². The first-order valence-electron chi connectivity index (χ1n) is 10.8. The fourth-order valence-corrected chi connectivity index (χ4v) is 3.21. The highest BCUT2D eigenvalue weighted by Crippen LogP contribution is 2.20. The second-order valence-corrected chi connectivity index (χ2v) is 8.72. The van der Waals surface area contributed by atoms with Crippen LogP contribution in [-0.2, 0) is 9.53 Å². The fourth-order valence-electron chi connectivity index (χ4n) is 3.21. The normalized spacial score (nSPS) is 15.8. The van der Waals surface area contributed by atoms with Crippen molar-refractivity contribution >= 4 is 18.0 Å². The van der Waals surface area contributed by atoms with E-state index in [1.165, 1.54) is 0 Å². The summed E-state index contributed by atoms with van der Waals surface area (Å²) >= 11 is 0. The third-order valence-electron chi connectivity index (χ3n) is 4.85. The molecule has 0 unspecified atom stereocenters. The number of piperidine rings is 1. The maximum atomic E-state index is 12.4. The zero-order valence-corrected chi connectivity index (χ0v) is 19.5. The van der Waals surface area contributed by atoms with Crippen LogP contribution in [0.4, 0.5) is 4.79 Å². The molecule has 1 aliphatic heterocycles. The van der Waals surface area contributed by atoms with Gasteiger partial charge in [0.2, 0.25) is 5.91 Å². The second kappa shape index (κ2) is 11.9. The van der Waals surface area contributed by atoms with Gasteiger partial charge in [-0.2, -0.15) is 0 Å². The summed E-state index contributed by atoms with van der Waals surface area (Å²) in [7, 11) is 3.53. The lowest BCUT2D eigenvalue weighted by Gasteiger charge is -2.36. The maximum Gasteiger partial charge on any atom is 0.410 e. The van der Waals surface area contributed by atoms with Crippen molar-refractivity contribution in [2.24, 2.45) is 10.9 Å². The molecule has 0 aromatic rings. The van der Waals surface area contributed by atoms with Crippen LogP contribution in [0.2, 0.25) is 0 Å². The molecule has 0 aliphatic carbocycles. The standard InChI is InChI=1S/C21H41N5O3/c1-8-22-19(23-13-10-18(27)24(6)7)26-14-11-17(12-15-26)16-25(9-2)20(28)29-21(3,4)5/h17H,8-16H2,1-7H3,(H,22,23). The SMILES string of the molecule is CCNC(=NCCC(=O)N(C)C)N1CCC(CN(CC)C(=O)OC(C)(C)C)CC1. The van der Waals surface area contributed by atoms with Gasteiger partial charge in [0, 0.05) is 53.2 Å². The van der Waals surface area contributed by atoms with E-state index in [4.69, 9.17) is 4.74 Å². The fraction of sp³-hybridized carbons (Fsp3) is 0.857. The first-order valence-corrected chi connectivity index (χ1v) is 10.8. The smallest absolute Gasteiger partial charge is 0.410 e. The van der Waals surface area contributed by atoms with Gasteiger partial charge < -0.3 is 24.8 Å². The number of guanidine groups is 1. The van der Waals surface area contributed by atoms with Crippen LogP contribution in [0.15, 0.2) is 4.99 Å². The van der Waals surface area contributed by atoms with Gasteiger partial charge in [-0.05, 0) is 53.4 Å². The quantitative estimate of drug-likeness (QED) is 0.514. The summed E-state index contributed by atoms with van der Waals surface area (Å²) in [6.45, 7) is 14.2. The van der Waals surface area contributed by atoms with E-state index in [-0.39, 0.29) is 12.0 Å². The van der Waals surface area contributed by atoms with Crippen molar-refractivity contribution < 1.29 is 14.3 Å². The average molecular weight is 412 g/mol. The number of carbonyl (C=O) groups excluding carboxylic acids is 2.